The van der Waals surface area contributed by atoms with Crippen molar-refractivity contribution in [1.82, 2.24) is 0 Å². The molecule has 0 unspecified atom stereocenters. The number of hydrogen-bond acceptors (Lipinski definition) is 0. The normalized spacial score (nSPS) is 43.1. The van der Waals surface area contributed by atoms with Gasteiger partial charge in [-0.25, -0.2) is 0 Å². The zero-order valence-electron chi connectivity index (χ0n) is 17.7. The Morgan fingerprint density at radius 1 is 0.600 bits per heavy atom. The minimum Gasteiger partial charge on any atom is -0.0654 e. The molecule has 0 amide bonds. The zero-order chi connectivity index (χ0) is 17.7. The average Bonchev–Trinajstić information content (AvgIpc) is 2.64. The lowest BCUT2D eigenvalue weighted by Crippen LogP contribution is -2.32. The van der Waals surface area contributed by atoms with Gasteiger partial charge in [-0.3, -0.25) is 0 Å². The van der Waals surface area contributed by atoms with Gasteiger partial charge in [-0.05, 0) is 106 Å². The van der Waals surface area contributed by atoms with E-state index in [4.69, 9.17) is 0 Å². The second-order valence-corrected chi connectivity index (χ2v) is 10.6. The summed E-state index contributed by atoms with van der Waals surface area (Å²) in [6, 6.07) is 0. The highest BCUT2D eigenvalue weighted by atomic mass is 14.4. The van der Waals surface area contributed by atoms with Gasteiger partial charge < -0.3 is 0 Å². The van der Waals surface area contributed by atoms with Crippen LogP contribution in [0.4, 0.5) is 0 Å². The van der Waals surface area contributed by atoms with Crippen LogP contribution < -0.4 is 0 Å². The first-order valence-corrected chi connectivity index (χ1v) is 12.1. The van der Waals surface area contributed by atoms with Crippen molar-refractivity contribution >= 4 is 0 Å². The summed E-state index contributed by atoms with van der Waals surface area (Å²) in [6.07, 6.45) is 24.4. The maximum atomic E-state index is 2.57. The molecule has 3 aliphatic rings. The van der Waals surface area contributed by atoms with Crippen molar-refractivity contribution in [3.63, 3.8) is 0 Å². The van der Waals surface area contributed by atoms with E-state index in [1.54, 1.807) is 64.2 Å². The molecule has 0 heteroatoms. The van der Waals surface area contributed by atoms with Crippen LogP contribution in [0, 0.1) is 35.0 Å². The quantitative estimate of drug-likeness (QED) is 0.453. The van der Waals surface area contributed by atoms with Crippen molar-refractivity contribution in [3.05, 3.63) is 0 Å². The Morgan fingerprint density at radius 2 is 1.04 bits per heavy atom. The van der Waals surface area contributed by atoms with Gasteiger partial charge in [-0.1, -0.05) is 52.9 Å². The van der Waals surface area contributed by atoms with E-state index in [9.17, 15) is 0 Å². The van der Waals surface area contributed by atoms with Crippen molar-refractivity contribution in [2.75, 3.05) is 0 Å². The molecule has 3 saturated carbocycles. The Balaban J connectivity index is 1.38. The Morgan fingerprint density at radius 3 is 1.48 bits per heavy atom. The molecule has 25 heavy (non-hydrogen) atoms. The van der Waals surface area contributed by atoms with Gasteiger partial charge in [0.05, 0.1) is 0 Å². The molecule has 0 atom stereocenters. The molecule has 3 aliphatic carbocycles. The molecule has 3 rings (SSSR count). The third-order valence-corrected chi connectivity index (χ3v) is 8.83. The molecule has 146 valence electrons. The summed E-state index contributed by atoms with van der Waals surface area (Å²) in [4.78, 5) is 0. The first kappa shape index (κ1) is 19.8. The topological polar surface area (TPSA) is 0 Å². The molecule has 0 heterocycles. The van der Waals surface area contributed by atoms with Gasteiger partial charge in [-0.2, -0.15) is 0 Å². The lowest BCUT2D eigenvalue weighted by molar-refractivity contribution is 0.0790. The van der Waals surface area contributed by atoms with Gasteiger partial charge >= 0.3 is 0 Å². The summed E-state index contributed by atoms with van der Waals surface area (Å²) in [5.74, 6) is 5.48. The monoisotopic (exact) mass is 346 g/mol. The molecule has 0 aromatic rings. The highest BCUT2D eigenvalue weighted by molar-refractivity contribution is 4.88. The first-order valence-electron chi connectivity index (χ1n) is 12.1. The van der Waals surface area contributed by atoms with Crippen LogP contribution in [-0.2, 0) is 0 Å². The average molecular weight is 347 g/mol. The Kier molecular flexibility index (Phi) is 7.33. The minimum atomic E-state index is 0.694. The van der Waals surface area contributed by atoms with Crippen molar-refractivity contribution in [1.29, 1.82) is 0 Å². The highest BCUT2D eigenvalue weighted by Gasteiger charge is 2.37. The van der Waals surface area contributed by atoms with E-state index in [0.717, 1.165) is 29.6 Å². The second kappa shape index (κ2) is 9.27. The summed E-state index contributed by atoms with van der Waals surface area (Å²) in [7, 11) is 0. The van der Waals surface area contributed by atoms with Crippen molar-refractivity contribution in [3.8, 4) is 0 Å². The van der Waals surface area contributed by atoms with Gasteiger partial charge in [0.25, 0.3) is 0 Å². The molecule has 0 nitrogen and oxygen atoms in total. The van der Waals surface area contributed by atoms with Crippen molar-refractivity contribution in [2.24, 2.45) is 35.0 Å². The summed E-state index contributed by atoms with van der Waals surface area (Å²) < 4.78 is 0. The minimum absolute atomic E-state index is 0.694. The third kappa shape index (κ3) is 5.26. The predicted molar refractivity (Wildman–Crippen MR) is 111 cm³/mol. The molecule has 0 aliphatic heterocycles. The summed E-state index contributed by atoms with van der Waals surface area (Å²) in [6.45, 7) is 7.30. The van der Waals surface area contributed by atoms with Gasteiger partial charge in [0, 0.05) is 0 Å². The van der Waals surface area contributed by atoms with Crippen LogP contribution in [0.15, 0.2) is 0 Å². The van der Waals surface area contributed by atoms with Crippen molar-refractivity contribution < 1.29 is 0 Å². The molecular formula is C25H46. The number of rotatable bonds is 6. The van der Waals surface area contributed by atoms with Crippen LogP contribution >= 0.6 is 0 Å². The molecule has 0 aromatic carbocycles. The standard InChI is InChI=1S/C25H46/c1-4-6-20-7-9-21(10-8-20)22-11-13-23(14-12-22)24-15-18-25(3,17-5-2)19-16-24/h20-24H,4-19H2,1-3H3/t20-,21-,22?,23?,24-,25+. The van der Waals surface area contributed by atoms with Gasteiger partial charge in [-0.15, -0.1) is 0 Å². The predicted octanol–water partition coefficient (Wildman–Crippen LogP) is 8.40. The van der Waals surface area contributed by atoms with E-state index in [-0.39, 0.29) is 0 Å². The Bertz CT molecular complexity index is 359. The fourth-order valence-corrected chi connectivity index (χ4v) is 7.11. The molecule has 0 bridgehead atoms. The van der Waals surface area contributed by atoms with Crippen molar-refractivity contribution in [2.45, 2.75) is 124 Å². The van der Waals surface area contributed by atoms with Gasteiger partial charge in [0.2, 0.25) is 0 Å². The Hall–Kier alpha value is 0. The van der Waals surface area contributed by atoms with Crippen LogP contribution in [0.2, 0.25) is 0 Å². The molecule has 0 saturated heterocycles. The maximum Gasteiger partial charge on any atom is -0.0326 e. The highest BCUT2D eigenvalue weighted by Crippen LogP contribution is 2.49. The largest absolute Gasteiger partial charge is 0.0654 e. The summed E-state index contributed by atoms with van der Waals surface area (Å²) in [5.41, 5.74) is 0.694. The van der Waals surface area contributed by atoms with Crippen LogP contribution in [0.3, 0.4) is 0 Å². The smallest absolute Gasteiger partial charge is 0.0326 e. The van der Waals surface area contributed by atoms with Crippen LogP contribution in [0.25, 0.3) is 0 Å². The summed E-state index contributed by atoms with van der Waals surface area (Å²) in [5, 5.41) is 0. The van der Waals surface area contributed by atoms with Gasteiger partial charge in [0.15, 0.2) is 0 Å². The summed E-state index contributed by atoms with van der Waals surface area (Å²) >= 11 is 0. The Labute approximate surface area is 158 Å². The lowest BCUT2D eigenvalue weighted by Gasteiger charge is -2.44. The second-order valence-electron chi connectivity index (χ2n) is 10.6. The lowest BCUT2D eigenvalue weighted by atomic mass is 9.62. The molecule has 0 radical (unpaired) electrons. The molecule has 0 spiro atoms. The SMILES string of the molecule is CCC[C@H]1CC[C@H](C2CCC([C@H]3CC[C@@](C)(CCC)CC3)CC2)CC1. The van der Waals surface area contributed by atoms with E-state index in [2.05, 4.69) is 20.8 Å². The fourth-order valence-electron chi connectivity index (χ4n) is 7.11. The zero-order valence-corrected chi connectivity index (χ0v) is 17.7. The third-order valence-electron chi connectivity index (χ3n) is 8.83. The van der Waals surface area contributed by atoms with Crippen LogP contribution in [-0.4, -0.2) is 0 Å². The van der Waals surface area contributed by atoms with Crippen LogP contribution in [0.1, 0.15) is 124 Å². The molecule has 0 N–H and O–H groups in total. The first-order chi connectivity index (χ1) is 12.1. The van der Waals surface area contributed by atoms with Gasteiger partial charge in [0.1, 0.15) is 0 Å². The molecule has 3 fully saturated rings. The fraction of sp³-hybridized carbons (Fsp3) is 1.00. The molecule has 0 aromatic heterocycles. The van der Waals surface area contributed by atoms with E-state index in [1.807, 2.05) is 0 Å². The van der Waals surface area contributed by atoms with E-state index >= 15 is 0 Å². The van der Waals surface area contributed by atoms with E-state index in [1.165, 1.54) is 38.5 Å². The maximum absolute atomic E-state index is 2.57. The van der Waals surface area contributed by atoms with Crippen LogP contribution in [0.5, 0.6) is 0 Å². The number of hydrogen-bond donors (Lipinski definition) is 0. The molecular weight excluding hydrogens is 300 g/mol. The van der Waals surface area contributed by atoms with E-state index < -0.39 is 0 Å². The van der Waals surface area contributed by atoms with E-state index in [0.29, 0.717) is 5.41 Å².